The number of likely N-dealkylation sites (N-methyl/N-ethyl adjacent to an activating group) is 1. The van der Waals surface area contributed by atoms with E-state index in [1.807, 2.05) is 32.4 Å². The Morgan fingerprint density at radius 3 is 1.87 bits per heavy atom. The molecule has 0 saturated carbocycles. The second-order valence-electron chi connectivity index (χ2n) is 11.5. The topological polar surface area (TPSA) is 144 Å². The van der Waals surface area contributed by atoms with E-state index in [0.717, 1.165) is 36.2 Å². The molecular formula is C33H36N4O6S2. The molecule has 10 nitrogen and oxygen atoms in total. The van der Waals surface area contributed by atoms with E-state index in [9.17, 15) is 16.8 Å². The van der Waals surface area contributed by atoms with Gasteiger partial charge in [0, 0.05) is 55.1 Å². The molecular weight excluding hydrogens is 613 g/mol. The number of pyridine rings is 1. The van der Waals surface area contributed by atoms with E-state index in [0.29, 0.717) is 0 Å². The first-order valence-corrected chi connectivity index (χ1v) is 17.2. The maximum atomic E-state index is 10.5. The molecule has 3 N–H and O–H groups in total. The summed E-state index contributed by atoms with van der Waals surface area (Å²) in [5, 5.41) is 1.25. The monoisotopic (exact) mass is 648 g/mol. The lowest BCUT2D eigenvalue weighted by molar-refractivity contribution is 0.0827. The predicted molar refractivity (Wildman–Crippen MR) is 176 cm³/mol. The second kappa shape index (κ2) is 13.1. The van der Waals surface area contributed by atoms with Crippen molar-refractivity contribution in [1.29, 1.82) is 0 Å². The largest absolute Gasteiger partial charge is 0.368 e. The van der Waals surface area contributed by atoms with Crippen LogP contribution in [0.2, 0.25) is 0 Å². The van der Waals surface area contributed by atoms with Crippen molar-refractivity contribution < 1.29 is 25.9 Å². The number of aromatic nitrogens is 2. The lowest BCUT2D eigenvalue weighted by Gasteiger charge is -2.40. The van der Waals surface area contributed by atoms with Gasteiger partial charge >= 0.3 is 0 Å². The molecule has 2 fully saturated rings. The summed E-state index contributed by atoms with van der Waals surface area (Å²) in [4.78, 5) is 12.6. The number of H-pyrrole nitrogens is 1. The zero-order valence-corrected chi connectivity index (χ0v) is 26.8. The van der Waals surface area contributed by atoms with Crippen LogP contribution in [-0.4, -0.2) is 73.5 Å². The van der Waals surface area contributed by atoms with Gasteiger partial charge in [-0.2, -0.15) is 16.8 Å². The Hall–Kier alpha value is -4.07. The van der Waals surface area contributed by atoms with Crippen LogP contribution >= 0.6 is 0 Å². The molecule has 2 aromatic heterocycles. The zero-order chi connectivity index (χ0) is 32.4. The van der Waals surface area contributed by atoms with Gasteiger partial charge < -0.3 is 14.8 Å². The fourth-order valence-corrected chi connectivity index (χ4v) is 6.48. The van der Waals surface area contributed by atoms with E-state index in [1.54, 1.807) is 24.3 Å². The summed E-state index contributed by atoms with van der Waals surface area (Å²) in [6.07, 6.45) is 5.95. The third kappa shape index (κ3) is 7.96. The van der Waals surface area contributed by atoms with Gasteiger partial charge in [-0.25, -0.2) is 0 Å². The van der Waals surface area contributed by atoms with Crippen molar-refractivity contribution in [2.24, 2.45) is 5.92 Å². The van der Waals surface area contributed by atoms with Crippen molar-refractivity contribution in [3.63, 3.8) is 0 Å². The summed E-state index contributed by atoms with van der Waals surface area (Å²) in [5.41, 5.74) is 6.74. The minimum absolute atomic E-state index is 0.0666. The van der Waals surface area contributed by atoms with E-state index in [4.69, 9.17) is 9.11 Å². The highest BCUT2D eigenvalue weighted by molar-refractivity contribution is 7.86. The van der Waals surface area contributed by atoms with Crippen molar-refractivity contribution >= 4 is 36.8 Å². The van der Waals surface area contributed by atoms with Crippen molar-refractivity contribution in [3.8, 4) is 11.1 Å². The van der Waals surface area contributed by atoms with Crippen molar-refractivity contribution in [2.75, 3.05) is 31.6 Å². The molecule has 5 aromatic rings. The predicted octanol–water partition coefficient (Wildman–Crippen LogP) is 5.46. The molecule has 3 aromatic carbocycles. The lowest BCUT2D eigenvalue weighted by Crippen LogP contribution is -2.52. The summed E-state index contributed by atoms with van der Waals surface area (Å²) in [5.74, 6) is 0.832. The Kier molecular flexibility index (Phi) is 9.42. The Morgan fingerprint density at radius 1 is 0.733 bits per heavy atom. The van der Waals surface area contributed by atoms with Gasteiger partial charge in [0.05, 0.1) is 21.7 Å². The number of anilines is 1. The van der Waals surface area contributed by atoms with Crippen LogP contribution < -0.4 is 4.90 Å². The molecule has 0 bridgehead atoms. The van der Waals surface area contributed by atoms with E-state index in [1.165, 1.54) is 58.5 Å². The summed E-state index contributed by atoms with van der Waals surface area (Å²) >= 11 is 0. The van der Waals surface area contributed by atoms with Gasteiger partial charge in [0.2, 0.25) is 0 Å². The first kappa shape index (κ1) is 32.3. The second-order valence-corrected chi connectivity index (χ2v) is 14.3. The highest BCUT2D eigenvalue weighted by Crippen LogP contribution is 2.35. The number of likely N-dealkylation sites (tertiary alicyclic amines) is 1. The number of fused-ring (bicyclic) bond motifs is 2. The SMILES string of the molecule is CN1C[C@@H]2CN(c3cncc(-c4ccc5cc[nH]c5c4)c3)C[C@@H]21.Cc1ccc(S(=O)(=O)O)cc1.Cc1ccc(S(=O)(=O)O)cc1. The maximum absolute atomic E-state index is 10.5. The minimum Gasteiger partial charge on any atom is -0.368 e. The average molecular weight is 649 g/mol. The number of nitrogens with zero attached hydrogens (tertiary/aromatic N) is 3. The molecule has 236 valence electrons. The van der Waals surface area contributed by atoms with E-state index in [2.05, 4.69) is 57.1 Å². The summed E-state index contributed by atoms with van der Waals surface area (Å²) in [6, 6.07) is 23.6. The number of aromatic amines is 1. The van der Waals surface area contributed by atoms with Crippen LogP contribution in [0, 0.1) is 19.8 Å². The van der Waals surface area contributed by atoms with Gasteiger partial charge in [-0.3, -0.25) is 14.1 Å². The highest BCUT2D eigenvalue weighted by Gasteiger charge is 2.43. The van der Waals surface area contributed by atoms with Crippen LogP contribution in [0.4, 0.5) is 5.69 Å². The number of benzene rings is 3. The molecule has 0 aliphatic carbocycles. The molecule has 0 spiro atoms. The minimum atomic E-state index is -4.02. The summed E-state index contributed by atoms with van der Waals surface area (Å²) in [6.45, 7) is 7.21. The van der Waals surface area contributed by atoms with Crippen LogP contribution in [0.5, 0.6) is 0 Å². The molecule has 2 aliphatic rings. The highest BCUT2D eigenvalue weighted by atomic mass is 32.2. The quantitative estimate of drug-likeness (QED) is 0.216. The fraction of sp³-hybridized carbons (Fsp3) is 0.242. The van der Waals surface area contributed by atoms with E-state index < -0.39 is 20.2 Å². The van der Waals surface area contributed by atoms with Crippen LogP contribution in [0.3, 0.4) is 0 Å². The number of hydrogen-bond donors (Lipinski definition) is 3. The molecule has 45 heavy (non-hydrogen) atoms. The Balaban J connectivity index is 0.000000153. The van der Waals surface area contributed by atoms with Gasteiger partial charge in [-0.15, -0.1) is 0 Å². The van der Waals surface area contributed by atoms with Crippen LogP contribution in [-0.2, 0) is 20.2 Å². The molecule has 0 radical (unpaired) electrons. The Bertz CT molecular complexity index is 1920. The van der Waals surface area contributed by atoms with Gasteiger partial charge in [0.1, 0.15) is 0 Å². The number of nitrogens with one attached hydrogen (secondary N) is 1. The van der Waals surface area contributed by atoms with E-state index >= 15 is 0 Å². The summed E-state index contributed by atoms with van der Waals surface area (Å²) in [7, 11) is -5.81. The van der Waals surface area contributed by atoms with Gasteiger partial charge in [-0.05, 0) is 74.3 Å². The molecule has 7 rings (SSSR count). The molecule has 2 aliphatic heterocycles. The molecule has 0 amide bonds. The molecule has 12 heteroatoms. The summed E-state index contributed by atoms with van der Waals surface area (Å²) < 4.78 is 59.1. The first-order chi connectivity index (χ1) is 21.3. The zero-order valence-electron chi connectivity index (χ0n) is 25.2. The Morgan fingerprint density at radius 2 is 1.33 bits per heavy atom. The number of aryl methyl sites for hydroxylation is 2. The smallest absolute Gasteiger partial charge is 0.294 e. The molecule has 2 atom stereocenters. The third-order valence-corrected chi connectivity index (χ3v) is 9.85. The van der Waals surface area contributed by atoms with Crippen LogP contribution in [0.1, 0.15) is 11.1 Å². The molecule has 4 heterocycles. The fourth-order valence-electron chi connectivity index (χ4n) is 5.52. The van der Waals surface area contributed by atoms with Crippen molar-refractivity contribution in [1.82, 2.24) is 14.9 Å². The van der Waals surface area contributed by atoms with Crippen molar-refractivity contribution in [2.45, 2.75) is 29.7 Å². The standard InChI is InChI=1S/C19H20N4.2C7H8O3S/c1-22-10-16-11-23(12-19(16)22)17-6-15(8-20-9-17)14-3-2-13-4-5-21-18(13)7-14;2*1-6-2-4-7(5-3-6)11(8,9)10/h2-9,16,19,21H,10-12H2,1H3;2*2-5H,1H3,(H,8,9,10)/t16-,19+;;/m1../s1. The van der Waals surface area contributed by atoms with E-state index in [-0.39, 0.29) is 9.79 Å². The molecule has 0 unspecified atom stereocenters. The number of hydrogen-bond acceptors (Lipinski definition) is 7. The average Bonchev–Trinajstić information content (AvgIpc) is 3.61. The van der Waals surface area contributed by atoms with Gasteiger partial charge in [0.15, 0.2) is 0 Å². The third-order valence-electron chi connectivity index (χ3n) is 8.11. The maximum Gasteiger partial charge on any atom is 0.294 e. The normalized spacial score (nSPS) is 17.8. The number of rotatable bonds is 4. The van der Waals surface area contributed by atoms with Crippen LogP contribution in [0.15, 0.2) is 107 Å². The van der Waals surface area contributed by atoms with Crippen LogP contribution in [0.25, 0.3) is 22.0 Å². The Labute approximate surface area is 263 Å². The van der Waals surface area contributed by atoms with Gasteiger partial charge in [-0.1, -0.05) is 47.5 Å². The lowest BCUT2D eigenvalue weighted by atomic mass is 9.93. The first-order valence-electron chi connectivity index (χ1n) is 14.3. The van der Waals surface area contributed by atoms with Crippen molar-refractivity contribution in [3.05, 3.63) is 109 Å². The van der Waals surface area contributed by atoms with Gasteiger partial charge in [0.25, 0.3) is 20.2 Å². The molecule has 2 saturated heterocycles.